The van der Waals surface area contributed by atoms with Crippen molar-refractivity contribution < 1.29 is 9.53 Å². The summed E-state index contributed by atoms with van der Waals surface area (Å²) in [5.74, 6) is 0.589. The van der Waals surface area contributed by atoms with Gasteiger partial charge in [-0.2, -0.15) is 0 Å². The van der Waals surface area contributed by atoms with Gasteiger partial charge in [-0.15, -0.1) is 0 Å². The van der Waals surface area contributed by atoms with Gasteiger partial charge >= 0.3 is 0 Å². The Labute approximate surface area is 117 Å². The largest absolute Gasteiger partial charge is 0.497 e. The van der Waals surface area contributed by atoms with Crippen molar-refractivity contribution in [3.05, 3.63) is 71.8 Å². The average molecular weight is 273 g/mol. The summed E-state index contributed by atoms with van der Waals surface area (Å²) in [5.41, 5.74) is 1.40. The minimum atomic E-state index is -0.128. The number of allylic oxidation sites excluding steroid dienone is 1. The Bertz CT molecular complexity index is 586. The molecule has 2 aromatic carbocycles. The van der Waals surface area contributed by atoms with Crippen LogP contribution in [0.2, 0.25) is 0 Å². The molecule has 0 spiro atoms. The lowest BCUT2D eigenvalue weighted by atomic mass is 10.1. The number of hydrogen-bond acceptors (Lipinski definition) is 2. The summed E-state index contributed by atoms with van der Waals surface area (Å²) in [4.78, 5) is 12.0. The van der Waals surface area contributed by atoms with Crippen LogP contribution in [0.3, 0.4) is 0 Å². The van der Waals surface area contributed by atoms with Crippen molar-refractivity contribution in [3.63, 3.8) is 0 Å². The number of methoxy groups -OCH3 is 1. The second-order valence-corrected chi connectivity index (χ2v) is 4.36. The summed E-state index contributed by atoms with van der Waals surface area (Å²) < 4.78 is 5.05. The maximum absolute atomic E-state index is 12.0. The number of ether oxygens (including phenoxy) is 1. The third-order valence-corrected chi connectivity index (χ3v) is 3.01. The normalized spacial score (nSPS) is 11.2. The van der Waals surface area contributed by atoms with Crippen molar-refractivity contribution in [2.75, 3.05) is 7.11 Å². The molecule has 0 N–H and O–H groups in total. The van der Waals surface area contributed by atoms with E-state index in [-0.39, 0.29) is 5.78 Å². The van der Waals surface area contributed by atoms with Gasteiger partial charge in [-0.3, -0.25) is 4.79 Å². The Kier molecular flexibility index (Phi) is 4.37. The summed E-state index contributed by atoms with van der Waals surface area (Å²) in [6, 6.07) is 16.3. The van der Waals surface area contributed by atoms with Crippen molar-refractivity contribution in [1.82, 2.24) is 0 Å². The second kappa shape index (κ2) is 6.21. The van der Waals surface area contributed by atoms with Crippen molar-refractivity contribution in [1.29, 1.82) is 0 Å². The Morgan fingerprint density at radius 1 is 1.00 bits per heavy atom. The number of rotatable bonds is 4. The highest BCUT2D eigenvalue weighted by molar-refractivity contribution is 6.50. The third kappa shape index (κ3) is 3.46. The van der Waals surface area contributed by atoms with E-state index in [9.17, 15) is 4.79 Å². The third-order valence-electron chi connectivity index (χ3n) is 2.68. The number of carbonyl (C=O) groups excluding carboxylic acids is 1. The molecule has 0 heterocycles. The molecule has 0 atom stereocenters. The van der Waals surface area contributed by atoms with Gasteiger partial charge in [0.1, 0.15) is 5.75 Å². The lowest BCUT2D eigenvalue weighted by Crippen LogP contribution is -1.95. The van der Waals surface area contributed by atoms with E-state index >= 15 is 0 Å². The van der Waals surface area contributed by atoms with E-state index in [1.165, 1.54) is 6.08 Å². The molecule has 2 aromatic rings. The zero-order valence-electron chi connectivity index (χ0n) is 10.5. The van der Waals surface area contributed by atoms with Crippen LogP contribution in [0.1, 0.15) is 15.9 Å². The van der Waals surface area contributed by atoms with Crippen molar-refractivity contribution >= 4 is 22.4 Å². The monoisotopic (exact) mass is 272 g/mol. The summed E-state index contributed by atoms with van der Waals surface area (Å²) in [7, 11) is 1.59. The van der Waals surface area contributed by atoms with E-state index in [1.54, 1.807) is 31.4 Å². The first-order valence-electron chi connectivity index (χ1n) is 5.81. The average Bonchev–Trinajstić information content (AvgIpc) is 2.48. The highest BCUT2D eigenvalue weighted by atomic mass is 35.5. The summed E-state index contributed by atoms with van der Waals surface area (Å²) in [5, 5.41) is 0.432. The molecule has 96 valence electrons. The summed E-state index contributed by atoms with van der Waals surface area (Å²) in [6.07, 6.45) is 1.43. The van der Waals surface area contributed by atoms with Gasteiger partial charge in [0.15, 0.2) is 5.78 Å². The fourth-order valence-electron chi connectivity index (χ4n) is 1.63. The van der Waals surface area contributed by atoms with Crippen LogP contribution >= 0.6 is 11.6 Å². The Balaban J connectivity index is 2.20. The highest BCUT2D eigenvalue weighted by Gasteiger charge is 2.05. The molecular formula is C16H13ClO2. The molecule has 0 aliphatic carbocycles. The van der Waals surface area contributed by atoms with Crippen LogP contribution in [0.5, 0.6) is 5.75 Å². The van der Waals surface area contributed by atoms with Crippen molar-refractivity contribution in [2.45, 2.75) is 0 Å². The molecule has 2 rings (SSSR count). The molecule has 0 fully saturated rings. The van der Waals surface area contributed by atoms with Gasteiger partial charge in [0.05, 0.1) is 12.1 Å². The van der Waals surface area contributed by atoms with Gasteiger partial charge in [0.2, 0.25) is 0 Å². The van der Waals surface area contributed by atoms with Gasteiger partial charge in [-0.05, 0) is 29.8 Å². The number of hydrogen-bond donors (Lipinski definition) is 0. The molecule has 19 heavy (non-hydrogen) atoms. The maximum Gasteiger partial charge on any atom is 0.187 e. The van der Waals surface area contributed by atoms with Crippen LogP contribution in [0.25, 0.3) is 5.03 Å². The molecule has 0 saturated carbocycles. The fourth-order valence-corrected chi connectivity index (χ4v) is 1.86. The highest BCUT2D eigenvalue weighted by Crippen LogP contribution is 2.20. The predicted octanol–water partition coefficient (Wildman–Crippen LogP) is 4.16. The SMILES string of the molecule is COc1ccc(C(=O)/C=C(/Cl)c2ccccc2)cc1. The van der Waals surface area contributed by atoms with Gasteiger partial charge in [0, 0.05) is 11.6 Å². The Morgan fingerprint density at radius 2 is 1.63 bits per heavy atom. The van der Waals surface area contributed by atoms with Crippen LogP contribution in [-0.2, 0) is 0 Å². The molecule has 0 aliphatic rings. The smallest absolute Gasteiger partial charge is 0.187 e. The van der Waals surface area contributed by atoms with E-state index in [2.05, 4.69) is 0 Å². The quantitative estimate of drug-likeness (QED) is 0.617. The molecule has 0 aliphatic heterocycles. The van der Waals surface area contributed by atoms with Gasteiger partial charge in [-0.1, -0.05) is 41.9 Å². The molecule has 0 radical (unpaired) electrons. The Morgan fingerprint density at radius 3 is 2.21 bits per heavy atom. The molecule has 2 nitrogen and oxygen atoms in total. The van der Waals surface area contributed by atoms with Crippen LogP contribution in [0.4, 0.5) is 0 Å². The van der Waals surface area contributed by atoms with E-state index in [0.29, 0.717) is 10.6 Å². The molecule has 0 bridgehead atoms. The fraction of sp³-hybridized carbons (Fsp3) is 0.0625. The molecule has 0 amide bonds. The summed E-state index contributed by atoms with van der Waals surface area (Å²) >= 11 is 6.13. The standard InChI is InChI=1S/C16H13ClO2/c1-19-14-9-7-13(8-10-14)16(18)11-15(17)12-5-3-2-4-6-12/h2-11H,1H3/b15-11+. The minimum absolute atomic E-state index is 0.128. The Hall–Kier alpha value is -2.06. The van der Waals surface area contributed by atoms with E-state index in [0.717, 1.165) is 11.3 Å². The second-order valence-electron chi connectivity index (χ2n) is 3.95. The lowest BCUT2D eigenvalue weighted by molar-refractivity contribution is 0.104. The predicted molar refractivity (Wildman–Crippen MR) is 77.6 cm³/mol. The first-order chi connectivity index (χ1) is 9.20. The molecular weight excluding hydrogens is 260 g/mol. The van der Waals surface area contributed by atoms with Crippen LogP contribution in [-0.4, -0.2) is 12.9 Å². The number of benzene rings is 2. The lowest BCUT2D eigenvalue weighted by Gasteiger charge is -2.01. The topological polar surface area (TPSA) is 26.3 Å². The molecule has 0 saturated heterocycles. The minimum Gasteiger partial charge on any atom is -0.497 e. The first-order valence-corrected chi connectivity index (χ1v) is 6.19. The molecule has 3 heteroatoms. The number of carbonyl (C=O) groups is 1. The van der Waals surface area contributed by atoms with E-state index < -0.39 is 0 Å². The van der Waals surface area contributed by atoms with E-state index in [1.807, 2.05) is 30.3 Å². The van der Waals surface area contributed by atoms with Crippen molar-refractivity contribution in [2.24, 2.45) is 0 Å². The molecule has 0 unspecified atom stereocenters. The van der Waals surface area contributed by atoms with Crippen LogP contribution in [0.15, 0.2) is 60.7 Å². The number of halogens is 1. The first kappa shape index (κ1) is 13.4. The van der Waals surface area contributed by atoms with Gasteiger partial charge < -0.3 is 4.74 Å². The molecule has 0 aromatic heterocycles. The van der Waals surface area contributed by atoms with Crippen LogP contribution < -0.4 is 4.74 Å². The maximum atomic E-state index is 12.0. The zero-order chi connectivity index (χ0) is 13.7. The van der Waals surface area contributed by atoms with Gasteiger partial charge in [-0.25, -0.2) is 0 Å². The van der Waals surface area contributed by atoms with Gasteiger partial charge in [0.25, 0.3) is 0 Å². The zero-order valence-corrected chi connectivity index (χ0v) is 11.2. The van der Waals surface area contributed by atoms with Crippen molar-refractivity contribution in [3.8, 4) is 5.75 Å². The van der Waals surface area contributed by atoms with E-state index in [4.69, 9.17) is 16.3 Å². The number of ketones is 1. The van der Waals surface area contributed by atoms with Crippen LogP contribution in [0, 0.1) is 0 Å². The summed E-state index contributed by atoms with van der Waals surface area (Å²) in [6.45, 7) is 0.